The smallest absolute Gasteiger partial charge is 0.227 e. The number of carbonyl (C=O) groups excluding carboxylic acids is 1. The lowest BCUT2D eigenvalue weighted by atomic mass is 10.1. The Bertz CT molecular complexity index is 1150. The Balaban J connectivity index is 1.27. The summed E-state index contributed by atoms with van der Waals surface area (Å²) in [5, 5.41) is 12.4. The number of hydrogen-bond acceptors (Lipinski definition) is 9. The standard InChI is InChI=1S/C20H19N5O3S2/c1-12-5-3-4-6-14(12)15-10-29-20(21-15)30-11-17-23-19(28-25-17)8-7-18(26)22-16-9-13(2)27-24-16/h3-6,9-10H,7-8,11H2,1-2H3,(H,22,24,26). The minimum Gasteiger partial charge on any atom is -0.360 e. The Labute approximate surface area is 181 Å². The van der Waals surface area contributed by atoms with Crippen molar-refractivity contribution in [3.63, 3.8) is 0 Å². The van der Waals surface area contributed by atoms with Crippen LogP contribution in [0.5, 0.6) is 0 Å². The molecule has 0 aliphatic heterocycles. The van der Waals surface area contributed by atoms with E-state index in [9.17, 15) is 4.79 Å². The number of hydrogen-bond donors (Lipinski definition) is 1. The molecule has 0 aliphatic carbocycles. The fourth-order valence-corrected chi connectivity index (χ4v) is 4.40. The number of anilines is 1. The summed E-state index contributed by atoms with van der Waals surface area (Å²) in [5.74, 6) is 2.40. The molecule has 4 aromatic rings. The van der Waals surface area contributed by atoms with Gasteiger partial charge in [-0.15, -0.1) is 11.3 Å². The Kier molecular flexibility index (Phi) is 6.24. The van der Waals surface area contributed by atoms with Crippen LogP contribution in [0.25, 0.3) is 11.3 Å². The van der Waals surface area contributed by atoms with Gasteiger partial charge in [0.15, 0.2) is 16.0 Å². The van der Waals surface area contributed by atoms with Crippen molar-refractivity contribution < 1.29 is 13.8 Å². The number of aromatic nitrogens is 4. The van der Waals surface area contributed by atoms with Crippen molar-refractivity contribution in [2.75, 3.05) is 5.32 Å². The van der Waals surface area contributed by atoms with E-state index in [0.717, 1.165) is 15.6 Å². The first kappa shape index (κ1) is 20.3. The normalized spacial score (nSPS) is 11.0. The van der Waals surface area contributed by atoms with Crippen molar-refractivity contribution in [3.8, 4) is 11.3 Å². The first-order valence-electron chi connectivity index (χ1n) is 9.26. The minimum atomic E-state index is -0.191. The summed E-state index contributed by atoms with van der Waals surface area (Å²) in [5.41, 5.74) is 3.31. The van der Waals surface area contributed by atoms with E-state index in [4.69, 9.17) is 14.0 Å². The molecule has 0 aliphatic rings. The maximum Gasteiger partial charge on any atom is 0.227 e. The van der Waals surface area contributed by atoms with Crippen LogP contribution in [-0.2, 0) is 17.0 Å². The number of benzene rings is 1. The van der Waals surface area contributed by atoms with Gasteiger partial charge in [0.25, 0.3) is 0 Å². The summed E-state index contributed by atoms with van der Waals surface area (Å²) < 4.78 is 11.1. The molecule has 8 nitrogen and oxygen atoms in total. The Morgan fingerprint density at radius 1 is 1.17 bits per heavy atom. The van der Waals surface area contributed by atoms with E-state index in [0.29, 0.717) is 35.5 Å². The average Bonchev–Trinajstić information content (AvgIpc) is 3.47. The van der Waals surface area contributed by atoms with E-state index in [1.165, 1.54) is 5.56 Å². The van der Waals surface area contributed by atoms with Crippen LogP contribution in [0, 0.1) is 13.8 Å². The van der Waals surface area contributed by atoms with Gasteiger partial charge in [-0.25, -0.2) is 4.98 Å². The fraction of sp³-hybridized carbons (Fsp3) is 0.250. The van der Waals surface area contributed by atoms with Crippen LogP contribution in [0.15, 0.2) is 49.1 Å². The molecule has 1 N–H and O–H groups in total. The number of rotatable bonds is 8. The molecule has 10 heteroatoms. The third kappa shape index (κ3) is 5.14. The maximum atomic E-state index is 12.0. The molecule has 0 spiro atoms. The quantitative estimate of drug-likeness (QED) is 0.393. The van der Waals surface area contributed by atoms with E-state index in [-0.39, 0.29) is 12.3 Å². The van der Waals surface area contributed by atoms with Crippen molar-refractivity contribution in [1.82, 2.24) is 20.3 Å². The molecule has 0 unspecified atom stereocenters. The predicted molar refractivity (Wildman–Crippen MR) is 114 cm³/mol. The Morgan fingerprint density at radius 2 is 2.03 bits per heavy atom. The monoisotopic (exact) mass is 441 g/mol. The summed E-state index contributed by atoms with van der Waals surface area (Å²) in [7, 11) is 0. The van der Waals surface area contributed by atoms with Crippen molar-refractivity contribution in [2.45, 2.75) is 36.8 Å². The Morgan fingerprint density at radius 3 is 2.83 bits per heavy atom. The van der Waals surface area contributed by atoms with Crippen molar-refractivity contribution in [2.24, 2.45) is 0 Å². The molecule has 4 rings (SSSR count). The van der Waals surface area contributed by atoms with Crippen LogP contribution < -0.4 is 5.32 Å². The molecule has 0 fully saturated rings. The lowest BCUT2D eigenvalue weighted by Gasteiger charge is -2.00. The van der Waals surface area contributed by atoms with Gasteiger partial charge in [0.05, 0.1) is 11.4 Å². The van der Waals surface area contributed by atoms with E-state index < -0.39 is 0 Å². The van der Waals surface area contributed by atoms with Gasteiger partial charge in [0.2, 0.25) is 11.8 Å². The van der Waals surface area contributed by atoms with Gasteiger partial charge in [0.1, 0.15) is 5.76 Å². The zero-order valence-electron chi connectivity index (χ0n) is 16.4. The third-order valence-corrected chi connectivity index (χ3v) is 6.22. The largest absolute Gasteiger partial charge is 0.360 e. The number of nitrogens with one attached hydrogen (secondary N) is 1. The van der Waals surface area contributed by atoms with Crippen LogP contribution in [0.4, 0.5) is 5.82 Å². The van der Waals surface area contributed by atoms with Gasteiger partial charge in [-0.2, -0.15) is 4.98 Å². The second-order valence-electron chi connectivity index (χ2n) is 6.58. The molecule has 1 aromatic carbocycles. The highest BCUT2D eigenvalue weighted by Gasteiger charge is 2.13. The minimum absolute atomic E-state index is 0.191. The molecule has 1 amide bonds. The molecular weight excluding hydrogens is 422 g/mol. The first-order valence-corrected chi connectivity index (χ1v) is 11.1. The Hall–Kier alpha value is -2.98. The average molecular weight is 442 g/mol. The van der Waals surface area contributed by atoms with E-state index in [1.54, 1.807) is 36.1 Å². The van der Waals surface area contributed by atoms with Crippen LogP contribution in [0.2, 0.25) is 0 Å². The SMILES string of the molecule is Cc1cc(NC(=O)CCc2nc(CSc3nc(-c4ccccc4C)cs3)no2)no1. The van der Waals surface area contributed by atoms with E-state index >= 15 is 0 Å². The molecule has 3 heterocycles. The number of carbonyl (C=O) groups is 1. The van der Waals surface area contributed by atoms with Crippen molar-refractivity contribution in [3.05, 3.63) is 58.8 Å². The third-order valence-electron chi connectivity index (χ3n) is 4.20. The number of amides is 1. The lowest BCUT2D eigenvalue weighted by molar-refractivity contribution is -0.116. The van der Waals surface area contributed by atoms with Crippen LogP contribution >= 0.6 is 23.1 Å². The van der Waals surface area contributed by atoms with Gasteiger partial charge in [-0.05, 0) is 19.4 Å². The van der Waals surface area contributed by atoms with Gasteiger partial charge >= 0.3 is 0 Å². The summed E-state index contributed by atoms with van der Waals surface area (Å²) in [6, 6.07) is 9.85. The molecule has 3 aromatic heterocycles. The van der Waals surface area contributed by atoms with Gasteiger partial charge in [-0.1, -0.05) is 46.3 Å². The second-order valence-corrected chi connectivity index (χ2v) is 8.66. The maximum absolute atomic E-state index is 12.0. The molecule has 0 radical (unpaired) electrons. The molecule has 0 bridgehead atoms. The second kappa shape index (κ2) is 9.23. The number of nitrogens with zero attached hydrogens (tertiary/aromatic N) is 4. The molecule has 0 saturated carbocycles. The van der Waals surface area contributed by atoms with Gasteiger partial charge < -0.3 is 14.4 Å². The highest BCUT2D eigenvalue weighted by molar-refractivity contribution is 8.00. The van der Waals surface area contributed by atoms with Crippen LogP contribution in [0.1, 0.15) is 29.5 Å². The predicted octanol–water partition coefficient (Wildman–Crippen LogP) is 4.66. The van der Waals surface area contributed by atoms with Crippen molar-refractivity contribution in [1.29, 1.82) is 0 Å². The number of thioether (sulfide) groups is 1. The summed E-state index contributed by atoms with van der Waals surface area (Å²) in [6.07, 6.45) is 0.571. The highest BCUT2D eigenvalue weighted by atomic mass is 32.2. The van der Waals surface area contributed by atoms with E-state index in [2.05, 4.69) is 45.1 Å². The molecule has 154 valence electrons. The zero-order chi connectivity index (χ0) is 20.9. The lowest BCUT2D eigenvalue weighted by Crippen LogP contribution is -2.12. The summed E-state index contributed by atoms with van der Waals surface area (Å²) in [4.78, 5) is 21.0. The van der Waals surface area contributed by atoms with E-state index in [1.807, 2.05) is 12.1 Å². The molecule has 0 saturated heterocycles. The van der Waals surface area contributed by atoms with Crippen LogP contribution in [0.3, 0.4) is 0 Å². The van der Waals surface area contributed by atoms with Crippen molar-refractivity contribution >= 4 is 34.8 Å². The summed E-state index contributed by atoms with van der Waals surface area (Å²) >= 11 is 3.16. The fourth-order valence-electron chi connectivity index (χ4n) is 2.74. The summed E-state index contributed by atoms with van der Waals surface area (Å²) in [6.45, 7) is 3.84. The number of aryl methyl sites for hydroxylation is 3. The molecular formula is C20H19N5O3S2. The first-order chi connectivity index (χ1) is 14.6. The molecule has 0 atom stereocenters. The van der Waals surface area contributed by atoms with Gasteiger partial charge in [-0.3, -0.25) is 4.79 Å². The highest BCUT2D eigenvalue weighted by Crippen LogP contribution is 2.31. The zero-order valence-corrected chi connectivity index (χ0v) is 18.0. The topological polar surface area (TPSA) is 107 Å². The number of thiazole rings is 1. The van der Waals surface area contributed by atoms with Gasteiger partial charge in [0, 0.05) is 29.9 Å². The van der Waals surface area contributed by atoms with Crippen LogP contribution in [-0.4, -0.2) is 26.2 Å². The molecule has 30 heavy (non-hydrogen) atoms.